The number of benzene rings is 3. The van der Waals surface area contributed by atoms with Crippen molar-refractivity contribution < 1.29 is 14.3 Å². The number of anilines is 1. The first kappa shape index (κ1) is 16.1. The molecule has 1 amide bonds. The van der Waals surface area contributed by atoms with Crippen molar-refractivity contribution >= 4 is 17.9 Å². The standard InChI is InChI=1S/C22H17NO3/c24-14-17-9-10-21-20(12-17)23(22(25)15-26-21)13-16-5-4-8-19(11-16)18-6-2-1-3-7-18/h1-12,14H,13,15H2. The van der Waals surface area contributed by atoms with Crippen LogP contribution in [0.15, 0.2) is 72.8 Å². The van der Waals surface area contributed by atoms with Gasteiger partial charge in [0, 0.05) is 5.56 Å². The number of fused-ring (bicyclic) bond motifs is 1. The number of aldehydes is 1. The molecule has 1 heterocycles. The summed E-state index contributed by atoms with van der Waals surface area (Å²) in [6.45, 7) is 0.435. The lowest BCUT2D eigenvalue weighted by atomic mass is 10.0. The number of carbonyl (C=O) groups is 2. The number of hydrogen-bond acceptors (Lipinski definition) is 3. The third kappa shape index (κ3) is 3.09. The molecular formula is C22H17NO3. The summed E-state index contributed by atoms with van der Waals surface area (Å²) in [7, 11) is 0. The molecule has 0 N–H and O–H groups in total. The molecule has 0 unspecified atom stereocenters. The van der Waals surface area contributed by atoms with E-state index in [0.717, 1.165) is 23.0 Å². The molecule has 1 aliphatic heterocycles. The highest BCUT2D eigenvalue weighted by Crippen LogP contribution is 2.34. The molecule has 0 saturated heterocycles. The Hall–Kier alpha value is -3.40. The molecule has 4 rings (SSSR count). The van der Waals surface area contributed by atoms with E-state index in [4.69, 9.17) is 4.74 Å². The van der Waals surface area contributed by atoms with Gasteiger partial charge >= 0.3 is 0 Å². The van der Waals surface area contributed by atoms with Crippen molar-refractivity contribution in [1.29, 1.82) is 0 Å². The van der Waals surface area contributed by atoms with Crippen LogP contribution < -0.4 is 9.64 Å². The molecule has 4 heteroatoms. The second-order valence-corrected chi connectivity index (χ2v) is 6.18. The number of ether oxygens (including phenoxy) is 1. The number of hydrogen-bond donors (Lipinski definition) is 0. The van der Waals surface area contributed by atoms with Gasteiger partial charge in [-0.05, 0) is 41.0 Å². The van der Waals surface area contributed by atoms with Gasteiger partial charge < -0.3 is 9.64 Å². The summed E-state index contributed by atoms with van der Waals surface area (Å²) in [5, 5.41) is 0. The number of nitrogens with zero attached hydrogens (tertiary/aromatic N) is 1. The van der Waals surface area contributed by atoms with Crippen LogP contribution in [0.4, 0.5) is 5.69 Å². The predicted octanol–water partition coefficient (Wildman–Crippen LogP) is 4.09. The third-order valence-electron chi connectivity index (χ3n) is 4.44. The van der Waals surface area contributed by atoms with Crippen molar-refractivity contribution in [3.05, 3.63) is 83.9 Å². The molecule has 0 spiro atoms. The molecule has 1 aliphatic rings. The molecule has 0 atom stereocenters. The van der Waals surface area contributed by atoms with Crippen molar-refractivity contribution in [3.8, 4) is 16.9 Å². The van der Waals surface area contributed by atoms with Gasteiger partial charge in [-0.25, -0.2) is 0 Å². The van der Waals surface area contributed by atoms with Crippen LogP contribution in [0, 0.1) is 0 Å². The Bertz CT molecular complexity index is 966. The highest BCUT2D eigenvalue weighted by atomic mass is 16.5. The molecule has 0 fully saturated rings. The third-order valence-corrected chi connectivity index (χ3v) is 4.44. The van der Waals surface area contributed by atoms with Crippen LogP contribution in [0.25, 0.3) is 11.1 Å². The van der Waals surface area contributed by atoms with Crippen molar-refractivity contribution in [1.82, 2.24) is 0 Å². The van der Waals surface area contributed by atoms with E-state index in [-0.39, 0.29) is 12.5 Å². The Morgan fingerprint density at radius 2 is 1.73 bits per heavy atom. The zero-order valence-corrected chi connectivity index (χ0v) is 14.1. The maximum atomic E-state index is 12.4. The average Bonchev–Trinajstić information content (AvgIpc) is 2.70. The van der Waals surface area contributed by atoms with Crippen molar-refractivity contribution in [2.75, 3.05) is 11.5 Å². The van der Waals surface area contributed by atoms with Gasteiger partial charge in [0.15, 0.2) is 6.61 Å². The molecule has 4 nitrogen and oxygen atoms in total. The zero-order chi connectivity index (χ0) is 17.9. The fourth-order valence-corrected chi connectivity index (χ4v) is 3.13. The Kier molecular flexibility index (Phi) is 4.23. The van der Waals surface area contributed by atoms with Gasteiger partial charge in [-0.3, -0.25) is 9.59 Å². The quantitative estimate of drug-likeness (QED) is 0.670. The Morgan fingerprint density at radius 3 is 2.54 bits per heavy atom. The summed E-state index contributed by atoms with van der Waals surface area (Å²) in [5.41, 5.74) is 4.40. The number of rotatable bonds is 4. The highest BCUT2D eigenvalue weighted by Gasteiger charge is 2.26. The van der Waals surface area contributed by atoms with Gasteiger partial charge in [0.2, 0.25) is 0 Å². The molecule has 128 valence electrons. The van der Waals surface area contributed by atoms with E-state index in [0.29, 0.717) is 23.5 Å². The molecule has 0 saturated carbocycles. The summed E-state index contributed by atoms with van der Waals surface area (Å²) in [5.74, 6) is 0.500. The van der Waals surface area contributed by atoms with Crippen molar-refractivity contribution in [2.24, 2.45) is 0 Å². The van der Waals surface area contributed by atoms with E-state index < -0.39 is 0 Å². The maximum Gasteiger partial charge on any atom is 0.265 e. The molecule has 3 aromatic rings. The minimum absolute atomic E-state index is 0.00577. The van der Waals surface area contributed by atoms with Crippen LogP contribution in [0.5, 0.6) is 5.75 Å². The van der Waals surface area contributed by atoms with E-state index in [9.17, 15) is 9.59 Å². The first-order valence-electron chi connectivity index (χ1n) is 8.41. The van der Waals surface area contributed by atoms with Crippen molar-refractivity contribution in [3.63, 3.8) is 0 Å². The van der Waals surface area contributed by atoms with Crippen LogP contribution in [0.3, 0.4) is 0 Å². The lowest BCUT2D eigenvalue weighted by molar-refractivity contribution is -0.121. The molecular weight excluding hydrogens is 326 g/mol. The lowest BCUT2D eigenvalue weighted by Gasteiger charge is -2.29. The van der Waals surface area contributed by atoms with Crippen LogP contribution in [0.2, 0.25) is 0 Å². The molecule has 0 bridgehead atoms. The summed E-state index contributed by atoms with van der Waals surface area (Å²) < 4.78 is 5.49. The first-order chi connectivity index (χ1) is 12.7. The fourth-order valence-electron chi connectivity index (χ4n) is 3.13. The highest BCUT2D eigenvalue weighted by molar-refractivity contribution is 5.98. The van der Waals surface area contributed by atoms with Crippen LogP contribution >= 0.6 is 0 Å². The number of carbonyl (C=O) groups excluding carboxylic acids is 2. The molecule has 0 radical (unpaired) electrons. The maximum absolute atomic E-state index is 12.4. The van der Waals surface area contributed by atoms with Gasteiger partial charge in [-0.15, -0.1) is 0 Å². The summed E-state index contributed by atoms with van der Waals surface area (Å²) in [6.07, 6.45) is 0.771. The predicted molar refractivity (Wildman–Crippen MR) is 100 cm³/mol. The van der Waals surface area contributed by atoms with Crippen molar-refractivity contribution in [2.45, 2.75) is 6.54 Å². The molecule has 0 aromatic heterocycles. The Labute approximate surface area is 151 Å². The summed E-state index contributed by atoms with van der Waals surface area (Å²) in [6, 6.07) is 23.4. The minimum atomic E-state index is -0.120. The summed E-state index contributed by atoms with van der Waals surface area (Å²) >= 11 is 0. The largest absolute Gasteiger partial charge is 0.482 e. The van der Waals surface area contributed by atoms with Gasteiger partial charge in [-0.2, -0.15) is 0 Å². The number of amides is 1. The average molecular weight is 343 g/mol. The van der Waals surface area contributed by atoms with E-state index in [1.807, 2.05) is 30.3 Å². The molecule has 3 aromatic carbocycles. The van der Waals surface area contributed by atoms with Gasteiger partial charge in [0.05, 0.1) is 12.2 Å². The fraction of sp³-hybridized carbons (Fsp3) is 0.0909. The monoisotopic (exact) mass is 343 g/mol. The van der Waals surface area contributed by atoms with E-state index in [1.54, 1.807) is 23.1 Å². The Morgan fingerprint density at radius 1 is 0.923 bits per heavy atom. The SMILES string of the molecule is O=Cc1ccc2c(c1)N(Cc1cccc(-c3ccccc3)c1)C(=O)CO2. The lowest BCUT2D eigenvalue weighted by Crippen LogP contribution is -2.38. The van der Waals surface area contributed by atoms with E-state index in [2.05, 4.69) is 24.3 Å². The van der Waals surface area contributed by atoms with E-state index in [1.165, 1.54) is 0 Å². The minimum Gasteiger partial charge on any atom is -0.482 e. The van der Waals surface area contributed by atoms with E-state index >= 15 is 0 Å². The topological polar surface area (TPSA) is 46.6 Å². The smallest absolute Gasteiger partial charge is 0.265 e. The second kappa shape index (κ2) is 6.84. The second-order valence-electron chi connectivity index (χ2n) is 6.18. The normalized spacial score (nSPS) is 13.1. The summed E-state index contributed by atoms with van der Waals surface area (Å²) in [4.78, 5) is 25.2. The van der Waals surface area contributed by atoms with Gasteiger partial charge in [0.25, 0.3) is 5.91 Å². The van der Waals surface area contributed by atoms with Crippen LogP contribution in [-0.4, -0.2) is 18.8 Å². The van der Waals surface area contributed by atoms with Crippen LogP contribution in [0.1, 0.15) is 15.9 Å². The van der Waals surface area contributed by atoms with Crippen LogP contribution in [-0.2, 0) is 11.3 Å². The first-order valence-corrected chi connectivity index (χ1v) is 8.41. The molecule has 0 aliphatic carbocycles. The zero-order valence-electron chi connectivity index (χ0n) is 14.1. The molecule has 26 heavy (non-hydrogen) atoms. The Balaban J connectivity index is 1.68. The van der Waals surface area contributed by atoms with Gasteiger partial charge in [0.1, 0.15) is 12.0 Å². The van der Waals surface area contributed by atoms with Gasteiger partial charge in [-0.1, -0.05) is 48.5 Å².